The number of hydrogen-bond acceptors (Lipinski definition) is 4. The molecule has 0 radical (unpaired) electrons. The minimum absolute atomic E-state index is 0.0505. The summed E-state index contributed by atoms with van der Waals surface area (Å²) in [5.41, 5.74) is 0.803. The number of aromatic nitrogens is 1. The Bertz CT molecular complexity index is 419. The second kappa shape index (κ2) is 5.52. The van der Waals surface area contributed by atoms with Crippen molar-refractivity contribution in [2.24, 2.45) is 5.92 Å². The lowest BCUT2D eigenvalue weighted by atomic mass is 9.93. The first kappa shape index (κ1) is 13.1. The van der Waals surface area contributed by atoms with Crippen molar-refractivity contribution in [2.75, 3.05) is 13.2 Å². The summed E-state index contributed by atoms with van der Waals surface area (Å²) in [6, 6.07) is 0. The van der Waals surface area contributed by atoms with Crippen LogP contribution in [0.25, 0.3) is 0 Å². The summed E-state index contributed by atoms with van der Waals surface area (Å²) in [6.07, 6.45) is 2.45. The van der Waals surface area contributed by atoms with E-state index in [9.17, 15) is 9.90 Å². The molecule has 0 amide bonds. The van der Waals surface area contributed by atoms with E-state index >= 15 is 0 Å². The molecule has 1 aromatic heterocycles. The molecule has 1 unspecified atom stereocenters. The molecule has 1 aromatic rings. The maximum absolute atomic E-state index is 11.4. The Hall–Kier alpha value is -1.36. The van der Waals surface area contributed by atoms with E-state index in [4.69, 9.17) is 9.26 Å². The summed E-state index contributed by atoms with van der Waals surface area (Å²) in [7, 11) is 0. The van der Waals surface area contributed by atoms with Crippen LogP contribution in [0.1, 0.15) is 54.4 Å². The van der Waals surface area contributed by atoms with Crippen LogP contribution in [0.5, 0.6) is 0 Å². The van der Waals surface area contributed by atoms with Gasteiger partial charge in [0.25, 0.3) is 0 Å². The maximum atomic E-state index is 11.4. The van der Waals surface area contributed by atoms with E-state index in [1.807, 2.05) is 13.8 Å². The highest BCUT2D eigenvalue weighted by Gasteiger charge is 2.29. The molecule has 1 atom stereocenters. The predicted octanol–water partition coefficient (Wildman–Crippen LogP) is 2.47. The van der Waals surface area contributed by atoms with Crippen LogP contribution < -0.4 is 0 Å². The van der Waals surface area contributed by atoms with Gasteiger partial charge in [-0.1, -0.05) is 19.0 Å². The molecule has 0 bridgehead atoms. The van der Waals surface area contributed by atoms with Crippen LogP contribution in [-0.2, 0) is 11.2 Å². The normalized spacial score (nSPS) is 20.3. The average Bonchev–Trinajstić information content (AvgIpc) is 2.73. The van der Waals surface area contributed by atoms with Crippen molar-refractivity contribution in [2.45, 2.75) is 39.0 Å². The largest absolute Gasteiger partial charge is 0.477 e. The highest BCUT2D eigenvalue weighted by molar-refractivity contribution is 5.90. The van der Waals surface area contributed by atoms with Gasteiger partial charge < -0.3 is 14.4 Å². The maximum Gasteiger partial charge on any atom is 0.341 e. The van der Waals surface area contributed by atoms with Crippen LogP contribution in [-0.4, -0.2) is 29.4 Å². The lowest BCUT2D eigenvalue weighted by Crippen LogP contribution is -2.18. The molecule has 1 N–H and O–H groups in total. The van der Waals surface area contributed by atoms with Crippen molar-refractivity contribution in [1.82, 2.24) is 5.16 Å². The first-order valence-electron chi connectivity index (χ1n) is 6.39. The van der Waals surface area contributed by atoms with E-state index < -0.39 is 5.97 Å². The van der Waals surface area contributed by atoms with Crippen molar-refractivity contribution in [3.05, 3.63) is 17.0 Å². The molecule has 1 aliphatic rings. The van der Waals surface area contributed by atoms with Crippen molar-refractivity contribution in [3.8, 4) is 0 Å². The highest BCUT2D eigenvalue weighted by atomic mass is 16.5. The van der Waals surface area contributed by atoms with Crippen LogP contribution in [0.4, 0.5) is 0 Å². The minimum Gasteiger partial charge on any atom is -0.477 e. The van der Waals surface area contributed by atoms with Crippen molar-refractivity contribution in [3.63, 3.8) is 0 Å². The molecule has 0 spiro atoms. The Morgan fingerprint density at radius 3 is 2.89 bits per heavy atom. The van der Waals surface area contributed by atoms with Gasteiger partial charge in [-0.25, -0.2) is 4.79 Å². The van der Waals surface area contributed by atoms with Gasteiger partial charge in [0.15, 0.2) is 5.76 Å². The molecule has 5 heteroatoms. The summed E-state index contributed by atoms with van der Waals surface area (Å²) in [5, 5.41) is 13.3. The molecule has 0 saturated carbocycles. The van der Waals surface area contributed by atoms with Gasteiger partial charge in [0.05, 0.1) is 6.61 Å². The number of hydrogen-bond donors (Lipinski definition) is 1. The van der Waals surface area contributed by atoms with Crippen molar-refractivity contribution >= 4 is 5.97 Å². The van der Waals surface area contributed by atoms with Crippen molar-refractivity contribution < 1.29 is 19.2 Å². The smallest absolute Gasteiger partial charge is 0.341 e. The number of nitrogens with zero attached hydrogens (tertiary/aromatic N) is 1. The fraction of sp³-hybridized carbons (Fsp3) is 0.692. The molecular weight excluding hydrogens is 234 g/mol. The van der Waals surface area contributed by atoms with E-state index in [-0.39, 0.29) is 11.5 Å². The number of carbonyl (C=O) groups is 1. The lowest BCUT2D eigenvalue weighted by molar-refractivity contribution is 0.0678. The summed E-state index contributed by atoms with van der Waals surface area (Å²) >= 11 is 0. The van der Waals surface area contributed by atoms with Gasteiger partial charge in [-0.2, -0.15) is 0 Å². The third-order valence-corrected chi connectivity index (χ3v) is 3.14. The summed E-state index contributed by atoms with van der Waals surface area (Å²) in [4.78, 5) is 11.4. The number of carboxylic acid groups (broad SMARTS) is 1. The molecule has 1 saturated heterocycles. The van der Waals surface area contributed by atoms with Crippen molar-refractivity contribution in [1.29, 1.82) is 0 Å². The number of ether oxygens (including phenoxy) is 1. The van der Waals surface area contributed by atoms with Crippen LogP contribution in [0.15, 0.2) is 4.52 Å². The molecule has 2 rings (SSSR count). The third kappa shape index (κ3) is 2.72. The standard InChI is InChI=1S/C13H19NO4/c1-8(2)6-10-11(13(15)16)12(14-18-10)9-4-3-5-17-7-9/h8-9H,3-7H2,1-2H3,(H,15,16). The number of aromatic carboxylic acids is 1. The van der Waals surface area contributed by atoms with Crippen LogP contribution in [0.3, 0.4) is 0 Å². The fourth-order valence-corrected chi connectivity index (χ4v) is 2.31. The highest BCUT2D eigenvalue weighted by Crippen LogP contribution is 2.30. The minimum atomic E-state index is -0.951. The summed E-state index contributed by atoms with van der Waals surface area (Å²) in [5.74, 6) is -0.0773. The van der Waals surface area contributed by atoms with E-state index in [1.165, 1.54) is 0 Å². The quantitative estimate of drug-likeness (QED) is 0.892. The third-order valence-electron chi connectivity index (χ3n) is 3.14. The average molecular weight is 253 g/mol. The molecule has 0 aliphatic carbocycles. The SMILES string of the molecule is CC(C)Cc1onc(C2CCCOC2)c1C(=O)O. The van der Waals surface area contributed by atoms with E-state index in [0.29, 0.717) is 30.4 Å². The summed E-state index contributed by atoms with van der Waals surface area (Å²) < 4.78 is 10.6. The zero-order valence-corrected chi connectivity index (χ0v) is 10.8. The van der Waals surface area contributed by atoms with Crippen LogP contribution in [0.2, 0.25) is 0 Å². The molecule has 2 heterocycles. The number of carboxylic acids is 1. The van der Waals surface area contributed by atoms with E-state index in [2.05, 4.69) is 5.16 Å². The number of rotatable bonds is 4. The first-order chi connectivity index (χ1) is 8.59. The molecule has 1 fully saturated rings. The van der Waals surface area contributed by atoms with E-state index in [1.54, 1.807) is 0 Å². The second-order valence-electron chi connectivity index (χ2n) is 5.18. The molecule has 1 aliphatic heterocycles. The zero-order valence-electron chi connectivity index (χ0n) is 10.8. The Balaban J connectivity index is 2.29. The van der Waals surface area contributed by atoms with E-state index in [0.717, 1.165) is 19.4 Å². The van der Waals surface area contributed by atoms with Gasteiger partial charge in [0.1, 0.15) is 11.3 Å². The second-order valence-corrected chi connectivity index (χ2v) is 5.18. The monoisotopic (exact) mass is 253 g/mol. The Labute approximate surface area is 106 Å². The van der Waals surface area contributed by atoms with Gasteiger partial charge in [0.2, 0.25) is 0 Å². The molecule has 100 valence electrons. The molecule has 0 aromatic carbocycles. The van der Waals surface area contributed by atoms with Gasteiger partial charge in [-0.05, 0) is 18.8 Å². The Morgan fingerprint density at radius 2 is 2.33 bits per heavy atom. The molecule has 18 heavy (non-hydrogen) atoms. The topological polar surface area (TPSA) is 72.6 Å². The molecule has 5 nitrogen and oxygen atoms in total. The Kier molecular flexibility index (Phi) is 4.01. The first-order valence-corrected chi connectivity index (χ1v) is 6.39. The van der Waals surface area contributed by atoms with Gasteiger partial charge >= 0.3 is 5.97 Å². The Morgan fingerprint density at radius 1 is 1.56 bits per heavy atom. The van der Waals surface area contributed by atoms with Gasteiger partial charge in [0, 0.05) is 18.9 Å². The zero-order chi connectivity index (χ0) is 13.1. The fourth-order valence-electron chi connectivity index (χ4n) is 2.31. The van der Waals surface area contributed by atoms with Crippen LogP contribution >= 0.6 is 0 Å². The van der Waals surface area contributed by atoms with Gasteiger partial charge in [-0.3, -0.25) is 0 Å². The summed E-state index contributed by atoms with van der Waals surface area (Å²) in [6.45, 7) is 5.33. The predicted molar refractivity (Wildman–Crippen MR) is 64.8 cm³/mol. The lowest BCUT2D eigenvalue weighted by Gasteiger charge is -2.20. The van der Waals surface area contributed by atoms with Crippen LogP contribution in [0, 0.1) is 5.92 Å². The molecular formula is C13H19NO4. The van der Waals surface area contributed by atoms with Gasteiger partial charge in [-0.15, -0.1) is 0 Å².